The van der Waals surface area contributed by atoms with Crippen LogP contribution in [0.4, 0.5) is 0 Å². The van der Waals surface area contributed by atoms with Crippen LogP contribution in [0.1, 0.15) is 24.0 Å². The van der Waals surface area contributed by atoms with Gasteiger partial charge in [-0.15, -0.1) is 0 Å². The van der Waals surface area contributed by atoms with Crippen LogP contribution in [0.5, 0.6) is 0 Å². The predicted molar refractivity (Wildman–Crippen MR) is 84.6 cm³/mol. The second-order valence-electron chi connectivity index (χ2n) is 5.78. The number of hydrogen-bond acceptors (Lipinski definition) is 1. The molecule has 0 spiro atoms. The van der Waals surface area contributed by atoms with Gasteiger partial charge in [0, 0.05) is 6.54 Å². The second kappa shape index (κ2) is 4.92. The molecule has 20 heavy (non-hydrogen) atoms. The summed E-state index contributed by atoms with van der Waals surface area (Å²) in [4.78, 5) is 0. The zero-order valence-electron chi connectivity index (χ0n) is 11.6. The lowest BCUT2D eigenvalue weighted by Crippen LogP contribution is -2.28. The summed E-state index contributed by atoms with van der Waals surface area (Å²) in [6.07, 6.45) is 5.09. The van der Waals surface area contributed by atoms with E-state index in [4.69, 9.17) is 0 Å². The minimum Gasteiger partial charge on any atom is -0.316 e. The minimum absolute atomic E-state index is 0.665. The van der Waals surface area contributed by atoms with Crippen LogP contribution in [0, 0.1) is 5.92 Å². The monoisotopic (exact) mass is 261 g/mol. The van der Waals surface area contributed by atoms with Crippen LogP contribution in [0.3, 0.4) is 0 Å². The smallest absolute Gasteiger partial charge is 0.00145 e. The highest BCUT2D eigenvalue weighted by Crippen LogP contribution is 2.44. The van der Waals surface area contributed by atoms with E-state index < -0.39 is 0 Å². The lowest BCUT2D eigenvalue weighted by Gasteiger charge is -2.20. The maximum atomic E-state index is 3.51. The Balaban J connectivity index is 1.84. The molecule has 4 rings (SSSR count). The van der Waals surface area contributed by atoms with E-state index in [-0.39, 0.29) is 0 Å². The molecule has 1 heterocycles. The number of fused-ring (bicyclic) bond motifs is 3. The highest BCUT2D eigenvalue weighted by molar-refractivity contribution is 6.01. The van der Waals surface area contributed by atoms with Gasteiger partial charge in [0.15, 0.2) is 0 Å². The molecule has 0 aromatic heterocycles. The molecular formula is C19H19N. The molecule has 1 fully saturated rings. The van der Waals surface area contributed by atoms with Gasteiger partial charge < -0.3 is 5.32 Å². The summed E-state index contributed by atoms with van der Waals surface area (Å²) in [5, 5.41) is 3.51. The van der Waals surface area contributed by atoms with Crippen molar-refractivity contribution in [2.75, 3.05) is 13.1 Å². The molecule has 2 aromatic rings. The Bertz CT molecular complexity index is 615. The van der Waals surface area contributed by atoms with Crippen molar-refractivity contribution in [3.63, 3.8) is 0 Å². The van der Waals surface area contributed by atoms with E-state index in [1.807, 2.05) is 0 Å². The third kappa shape index (κ3) is 1.90. The Labute approximate surface area is 120 Å². The Morgan fingerprint density at radius 3 is 2.00 bits per heavy atom. The van der Waals surface area contributed by atoms with Crippen molar-refractivity contribution in [2.24, 2.45) is 5.92 Å². The number of piperidine rings is 1. The first-order valence-corrected chi connectivity index (χ1v) is 7.55. The Morgan fingerprint density at radius 2 is 1.45 bits per heavy atom. The summed E-state index contributed by atoms with van der Waals surface area (Å²) >= 11 is 0. The Kier molecular flexibility index (Phi) is 2.93. The molecule has 1 atom stereocenters. The molecule has 2 aromatic carbocycles. The van der Waals surface area contributed by atoms with Crippen molar-refractivity contribution in [3.05, 3.63) is 65.7 Å². The SMILES string of the molecule is C(=C1c2ccccc2-c2ccccc21)[C@H]1CCCNC1. The van der Waals surface area contributed by atoms with Crippen LogP contribution in [-0.4, -0.2) is 13.1 Å². The first-order valence-electron chi connectivity index (χ1n) is 7.55. The van der Waals surface area contributed by atoms with E-state index in [9.17, 15) is 0 Å². The summed E-state index contributed by atoms with van der Waals surface area (Å²) < 4.78 is 0. The van der Waals surface area contributed by atoms with Crippen LogP contribution < -0.4 is 5.32 Å². The summed E-state index contributed by atoms with van der Waals surface area (Å²) in [5.41, 5.74) is 7.01. The fourth-order valence-corrected chi connectivity index (χ4v) is 3.49. The van der Waals surface area contributed by atoms with Gasteiger partial charge in [0.2, 0.25) is 0 Å². The van der Waals surface area contributed by atoms with Crippen LogP contribution in [0.2, 0.25) is 0 Å². The van der Waals surface area contributed by atoms with Gasteiger partial charge in [0.1, 0.15) is 0 Å². The summed E-state index contributed by atoms with van der Waals surface area (Å²) in [7, 11) is 0. The molecule has 0 radical (unpaired) electrons. The van der Waals surface area contributed by atoms with E-state index in [0.717, 1.165) is 6.54 Å². The molecule has 1 N–H and O–H groups in total. The maximum absolute atomic E-state index is 3.51. The zero-order chi connectivity index (χ0) is 13.4. The van der Waals surface area contributed by atoms with Gasteiger partial charge in [-0.25, -0.2) is 0 Å². The Morgan fingerprint density at radius 1 is 0.850 bits per heavy atom. The highest BCUT2D eigenvalue weighted by Gasteiger charge is 2.23. The molecule has 2 aliphatic rings. The number of hydrogen-bond donors (Lipinski definition) is 1. The summed E-state index contributed by atoms with van der Waals surface area (Å²) in [5.74, 6) is 0.665. The van der Waals surface area contributed by atoms with Crippen LogP contribution in [0.25, 0.3) is 16.7 Å². The van der Waals surface area contributed by atoms with Gasteiger partial charge in [-0.2, -0.15) is 0 Å². The molecule has 1 nitrogen and oxygen atoms in total. The normalized spacial score (nSPS) is 20.4. The fraction of sp³-hybridized carbons (Fsp3) is 0.263. The van der Waals surface area contributed by atoms with Crippen molar-refractivity contribution in [1.29, 1.82) is 0 Å². The van der Waals surface area contributed by atoms with E-state index in [0.29, 0.717) is 5.92 Å². The van der Waals surface area contributed by atoms with Gasteiger partial charge in [-0.1, -0.05) is 54.6 Å². The lowest BCUT2D eigenvalue weighted by atomic mass is 9.93. The van der Waals surface area contributed by atoms with Crippen molar-refractivity contribution >= 4 is 5.57 Å². The van der Waals surface area contributed by atoms with Gasteiger partial charge in [0.25, 0.3) is 0 Å². The van der Waals surface area contributed by atoms with E-state index >= 15 is 0 Å². The van der Waals surface area contributed by atoms with Crippen molar-refractivity contribution in [3.8, 4) is 11.1 Å². The van der Waals surface area contributed by atoms with Crippen LogP contribution in [0.15, 0.2) is 54.6 Å². The van der Waals surface area contributed by atoms with Crippen molar-refractivity contribution in [2.45, 2.75) is 12.8 Å². The fourth-order valence-electron chi connectivity index (χ4n) is 3.49. The summed E-state index contributed by atoms with van der Waals surface area (Å²) in [6.45, 7) is 2.29. The zero-order valence-corrected chi connectivity index (χ0v) is 11.6. The third-order valence-electron chi connectivity index (χ3n) is 4.46. The molecule has 1 saturated heterocycles. The molecule has 100 valence electrons. The van der Waals surface area contributed by atoms with E-state index in [1.165, 1.54) is 47.2 Å². The first-order chi connectivity index (χ1) is 9.93. The average molecular weight is 261 g/mol. The maximum Gasteiger partial charge on any atom is 0.00145 e. The van der Waals surface area contributed by atoms with Crippen LogP contribution in [-0.2, 0) is 0 Å². The number of rotatable bonds is 1. The first kappa shape index (κ1) is 11.9. The Hall–Kier alpha value is -1.86. The molecule has 0 amide bonds. The predicted octanol–water partition coefficient (Wildman–Crippen LogP) is 4.10. The van der Waals surface area contributed by atoms with Crippen LogP contribution >= 0.6 is 0 Å². The van der Waals surface area contributed by atoms with Gasteiger partial charge in [-0.05, 0) is 53.1 Å². The second-order valence-corrected chi connectivity index (χ2v) is 5.78. The molecule has 0 bridgehead atoms. The summed E-state index contributed by atoms with van der Waals surface area (Å²) in [6, 6.07) is 17.6. The molecule has 1 heteroatoms. The number of benzene rings is 2. The van der Waals surface area contributed by atoms with Crippen molar-refractivity contribution < 1.29 is 0 Å². The minimum atomic E-state index is 0.665. The molecule has 1 aliphatic heterocycles. The average Bonchev–Trinajstić information content (AvgIpc) is 2.84. The lowest BCUT2D eigenvalue weighted by molar-refractivity contribution is 0.439. The van der Waals surface area contributed by atoms with E-state index in [1.54, 1.807) is 0 Å². The topological polar surface area (TPSA) is 12.0 Å². The molecule has 0 saturated carbocycles. The molecule has 1 aliphatic carbocycles. The van der Waals surface area contributed by atoms with Gasteiger partial charge >= 0.3 is 0 Å². The highest BCUT2D eigenvalue weighted by atomic mass is 14.9. The van der Waals surface area contributed by atoms with Gasteiger partial charge in [0.05, 0.1) is 0 Å². The largest absolute Gasteiger partial charge is 0.316 e. The quantitative estimate of drug-likeness (QED) is 0.695. The van der Waals surface area contributed by atoms with E-state index in [2.05, 4.69) is 59.9 Å². The standard InChI is InChI=1S/C19H19N/c1-3-9-17-15(7-1)16-8-2-4-10-18(16)19(17)12-14-6-5-11-20-13-14/h1-4,7-10,12,14,20H,5-6,11,13H2/t14-/m1/s1. The molecule has 0 unspecified atom stereocenters. The molecular weight excluding hydrogens is 242 g/mol. The third-order valence-corrected chi connectivity index (χ3v) is 4.46. The number of nitrogens with one attached hydrogen (secondary N) is 1. The van der Waals surface area contributed by atoms with Crippen molar-refractivity contribution in [1.82, 2.24) is 5.32 Å². The van der Waals surface area contributed by atoms with Gasteiger partial charge in [-0.3, -0.25) is 0 Å².